The van der Waals surface area contributed by atoms with Crippen LogP contribution in [0, 0.1) is 17.7 Å². The number of carboxylic acids is 1. The summed E-state index contributed by atoms with van der Waals surface area (Å²) in [5.41, 5.74) is 3.02. The molecule has 13 heteroatoms. The number of amides is 1. The summed E-state index contributed by atoms with van der Waals surface area (Å²) in [5.74, 6) is 5.05. The quantitative estimate of drug-likeness (QED) is 0.123. The Labute approximate surface area is 287 Å². The molecule has 0 saturated carbocycles. The van der Waals surface area contributed by atoms with Crippen LogP contribution in [0.5, 0.6) is 5.75 Å². The Balaban J connectivity index is 1.60. The minimum Gasteiger partial charge on any atom is -0.482 e. The van der Waals surface area contributed by atoms with Crippen molar-refractivity contribution < 1.29 is 36.7 Å². The first-order valence-corrected chi connectivity index (χ1v) is 21.2. The number of carboxylic acid groups (broad SMARTS) is 1. The predicted molar refractivity (Wildman–Crippen MR) is 190 cm³/mol. The summed E-state index contributed by atoms with van der Waals surface area (Å²) in [6.07, 6.45) is 0.706. The summed E-state index contributed by atoms with van der Waals surface area (Å²) >= 11 is 1.49. The molecule has 9 nitrogen and oxygen atoms in total. The van der Waals surface area contributed by atoms with E-state index in [4.69, 9.17) is 14.3 Å². The van der Waals surface area contributed by atoms with Gasteiger partial charge in [-0.3, -0.25) is 4.79 Å². The lowest BCUT2D eigenvalue weighted by molar-refractivity contribution is -0.139. The molecule has 3 atom stereocenters. The Morgan fingerprint density at radius 2 is 1.69 bits per heavy atom. The smallest absolute Gasteiger partial charge is 0.341 e. The molecule has 0 unspecified atom stereocenters. The van der Waals surface area contributed by atoms with Crippen LogP contribution in [0.3, 0.4) is 0 Å². The highest BCUT2D eigenvalue weighted by Gasteiger charge is 2.50. The van der Waals surface area contributed by atoms with Crippen molar-refractivity contribution in [1.29, 1.82) is 0 Å². The van der Waals surface area contributed by atoms with Crippen molar-refractivity contribution >= 4 is 47.7 Å². The van der Waals surface area contributed by atoms with E-state index in [9.17, 15) is 22.4 Å². The minimum absolute atomic E-state index is 0.0175. The zero-order valence-corrected chi connectivity index (χ0v) is 30.5. The average Bonchev–Trinajstić information content (AvgIpc) is 3.00. The number of sulfonamides is 1. The van der Waals surface area contributed by atoms with Gasteiger partial charge in [0.05, 0.1) is 24.9 Å². The number of hydrogen-bond donors (Lipinski definition) is 2. The maximum absolute atomic E-state index is 13.9. The molecule has 1 heterocycles. The fourth-order valence-electron chi connectivity index (χ4n) is 4.76. The number of hydrogen-bond acceptors (Lipinski definition) is 7. The average molecular weight is 713 g/mol. The Hall–Kier alpha value is -3.67. The lowest BCUT2D eigenvalue weighted by Gasteiger charge is -2.47. The van der Waals surface area contributed by atoms with Gasteiger partial charge in [-0.25, -0.2) is 22.3 Å². The lowest BCUT2D eigenvalue weighted by Crippen LogP contribution is -2.58. The maximum atomic E-state index is 13.9. The zero-order valence-electron chi connectivity index (χ0n) is 27.8. The van der Waals surface area contributed by atoms with Gasteiger partial charge in [-0.15, -0.1) is 11.8 Å². The normalized spacial score (nSPS) is 17.2. The number of aliphatic carboxylic acids is 1. The molecule has 0 spiro atoms. The fraction of sp³-hybridized carbons (Fsp3) is 0.371. The third kappa shape index (κ3) is 9.70. The summed E-state index contributed by atoms with van der Waals surface area (Å²) < 4.78 is 50.9. The number of β-lactam (4-membered cyclic amide) rings is 1. The van der Waals surface area contributed by atoms with Crippen LogP contribution in [-0.2, 0) is 24.0 Å². The highest BCUT2D eigenvalue weighted by molar-refractivity contribution is 8.00. The number of carbonyl (C=O) groups excluding carboxylic acids is 1. The summed E-state index contributed by atoms with van der Waals surface area (Å²) in [7, 11) is -5.59. The molecule has 1 fully saturated rings. The SMILES string of the molecule is CC(C)(C)[Si](C)(C)O[C@H](CS[C@H]1C(=O)N(c2ccc(C#CCNS(C)(=O)=O)cc2)[C@@H]1c1ccc(OCC(=O)O)cc1)c1ccc(F)cc1. The Bertz CT molecular complexity index is 1770. The second kappa shape index (κ2) is 15.3. The molecule has 1 saturated heterocycles. The number of thioether (sulfide) groups is 1. The van der Waals surface area contributed by atoms with Gasteiger partial charge < -0.3 is 19.2 Å². The van der Waals surface area contributed by atoms with Gasteiger partial charge in [-0.05, 0) is 77.8 Å². The Morgan fingerprint density at radius 1 is 1.06 bits per heavy atom. The number of carbonyl (C=O) groups is 2. The Kier molecular flexibility index (Phi) is 11.8. The van der Waals surface area contributed by atoms with Crippen LogP contribution in [0.15, 0.2) is 72.8 Å². The van der Waals surface area contributed by atoms with E-state index >= 15 is 0 Å². The first-order chi connectivity index (χ1) is 22.4. The van der Waals surface area contributed by atoms with Crippen LogP contribution in [0.4, 0.5) is 10.1 Å². The van der Waals surface area contributed by atoms with Crippen molar-refractivity contribution in [3.05, 3.63) is 95.3 Å². The lowest BCUT2D eigenvalue weighted by atomic mass is 9.92. The van der Waals surface area contributed by atoms with Gasteiger partial charge in [0.25, 0.3) is 0 Å². The van der Waals surface area contributed by atoms with Crippen LogP contribution in [0.2, 0.25) is 18.1 Å². The highest BCUT2D eigenvalue weighted by atomic mass is 32.2. The molecule has 1 amide bonds. The fourth-order valence-corrected chi connectivity index (χ4v) is 7.86. The van der Waals surface area contributed by atoms with E-state index < -0.39 is 36.2 Å². The van der Waals surface area contributed by atoms with Gasteiger partial charge in [-0.2, -0.15) is 0 Å². The Morgan fingerprint density at radius 3 is 2.25 bits per heavy atom. The second-order valence-electron chi connectivity index (χ2n) is 13.0. The van der Waals surface area contributed by atoms with Crippen LogP contribution in [-0.4, -0.2) is 64.1 Å². The number of anilines is 1. The van der Waals surface area contributed by atoms with Gasteiger partial charge in [0.1, 0.15) is 16.8 Å². The molecular formula is C35H41FN2O7S2Si. The van der Waals surface area contributed by atoms with Crippen molar-refractivity contribution in [1.82, 2.24) is 4.72 Å². The summed E-state index contributed by atoms with van der Waals surface area (Å²) in [6.45, 7) is 10.3. The van der Waals surface area contributed by atoms with Crippen LogP contribution in [0.1, 0.15) is 49.6 Å². The predicted octanol–water partition coefficient (Wildman–Crippen LogP) is 6.14. The van der Waals surface area contributed by atoms with E-state index in [1.165, 1.54) is 23.9 Å². The maximum Gasteiger partial charge on any atom is 0.341 e. The zero-order chi connectivity index (χ0) is 35.3. The third-order valence-corrected chi connectivity index (χ3v) is 14.8. The van der Waals surface area contributed by atoms with Crippen LogP contribution < -0.4 is 14.4 Å². The van der Waals surface area contributed by atoms with Gasteiger partial charge in [0.2, 0.25) is 15.9 Å². The first-order valence-electron chi connectivity index (χ1n) is 15.3. The minimum atomic E-state index is -3.34. The van der Waals surface area contributed by atoms with Crippen molar-refractivity contribution in [3.63, 3.8) is 0 Å². The molecule has 2 N–H and O–H groups in total. The molecule has 3 aromatic carbocycles. The van der Waals surface area contributed by atoms with E-state index in [1.54, 1.807) is 53.4 Å². The van der Waals surface area contributed by atoms with Crippen molar-refractivity contribution in [3.8, 4) is 17.6 Å². The van der Waals surface area contributed by atoms with E-state index in [1.807, 2.05) is 12.1 Å². The molecule has 48 heavy (non-hydrogen) atoms. The number of benzene rings is 3. The monoisotopic (exact) mass is 712 g/mol. The van der Waals surface area contributed by atoms with Gasteiger partial charge >= 0.3 is 5.97 Å². The number of nitrogens with one attached hydrogen (secondary N) is 1. The van der Waals surface area contributed by atoms with Gasteiger partial charge in [0, 0.05) is 17.0 Å². The number of ether oxygens (including phenoxy) is 1. The third-order valence-electron chi connectivity index (χ3n) is 8.34. The van der Waals surface area contributed by atoms with Crippen LogP contribution in [0.25, 0.3) is 0 Å². The number of rotatable bonds is 13. The van der Waals surface area contributed by atoms with Crippen molar-refractivity contribution in [2.24, 2.45) is 0 Å². The van der Waals surface area contributed by atoms with Gasteiger partial charge in [-0.1, -0.05) is 56.9 Å². The molecule has 256 valence electrons. The summed E-state index contributed by atoms with van der Waals surface area (Å²) in [6, 6.07) is 20.1. The molecule has 0 radical (unpaired) electrons. The van der Waals surface area contributed by atoms with E-state index in [-0.39, 0.29) is 35.5 Å². The topological polar surface area (TPSA) is 122 Å². The standard InChI is InChI=1S/C35H41FN2O7S2Si/c1-35(2,3)48(5,6)45-30(25-11-15-27(36)16-12-25)23-46-33-32(26-13-19-29(20-14-26)44-22-31(39)40)38(34(33)41)28-17-9-24(10-18-28)8-7-21-37-47(4,42)43/h9-20,30,32-33,37H,21-23H2,1-6H3,(H,39,40)/t30-,32-,33-/m1/s1. The number of nitrogens with zero attached hydrogens (tertiary/aromatic N) is 1. The highest BCUT2D eigenvalue weighted by Crippen LogP contribution is 2.47. The summed E-state index contributed by atoms with van der Waals surface area (Å²) in [4.78, 5) is 26.5. The van der Waals surface area contributed by atoms with Crippen LogP contribution >= 0.6 is 11.8 Å². The molecule has 0 aliphatic carbocycles. The van der Waals surface area contributed by atoms with Crippen molar-refractivity contribution in [2.45, 2.75) is 56.3 Å². The molecule has 3 aromatic rings. The van der Waals surface area contributed by atoms with E-state index in [2.05, 4.69) is 50.4 Å². The molecule has 0 bridgehead atoms. The molecule has 1 aliphatic heterocycles. The molecular weight excluding hydrogens is 672 g/mol. The first kappa shape index (κ1) is 37.2. The largest absolute Gasteiger partial charge is 0.482 e. The second-order valence-corrected chi connectivity index (χ2v) is 20.8. The molecule has 4 rings (SSSR count). The van der Waals surface area contributed by atoms with E-state index in [0.29, 0.717) is 22.8 Å². The van der Waals surface area contributed by atoms with E-state index in [0.717, 1.165) is 17.4 Å². The molecule has 1 aliphatic rings. The van der Waals surface area contributed by atoms with Crippen molar-refractivity contribution in [2.75, 3.05) is 30.1 Å². The number of halogens is 1. The molecule has 0 aromatic heterocycles. The van der Waals surface area contributed by atoms with Gasteiger partial charge in [0.15, 0.2) is 14.9 Å². The summed E-state index contributed by atoms with van der Waals surface area (Å²) in [5, 5.41) is 8.46.